The van der Waals surface area contributed by atoms with E-state index in [4.69, 9.17) is 4.74 Å². The molecule has 1 aliphatic heterocycles. The summed E-state index contributed by atoms with van der Waals surface area (Å²) < 4.78 is 4.89. The number of ether oxygens (including phenoxy) is 1. The molecule has 2 fully saturated rings. The van der Waals surface area contributed by atoms with Gasteiger partial charge in [0.15, 0.2) is 5.13 Å². The number of amides is 1. The van der Waals surface area contributed by atoms with Crippen molar-refractivity contribution in [3.05, 3.63) is 10.6 Å². The van der Waals surface area contributed by atoms with Crippen LogP contribution in [0.5, 0.6) is 0 Å². The van der Waals surface area contributed by atoms with Crippen molar-refractivity contribution in [3.8, 4) is 0 Å². The maximum absolute atomic E-state index is 12.3. The van der Waals surface area contributed by atoms with Crippen molar-refractivity contribution in [2.45, 2.75) is 43.3 Å². The predicted octanol–water partition coefficient (Wildman–Crippen LogP) is 3.76. The molecule has 1 atom stereocenters. The average Bonchev–Trinajstić information content (AvgIpc) is 3.24. The van der Waals surface area contributed by atoms with E-state index in [9.17, 15) is 9.59 Å². The quantitative estimate of drug-likeness (QED) is 0.777. The van der Waals surface area contributed by atoms with Crippen molar-refractivity contribution < 1.29 is 14.3 Å². The van der Waals surface area contributed by atoms with Crippen LogP contribution in [0.1, 0.15) is 53.4 Å². The maximum Gasteiger partial charge on any atom is 0.350 e. The number of nitrogens with zero attached hydrogens (tertiary/aromatic N) is 1. The Balaban J connectivity index is 1.68. The molecule has 0 radical (unpaired) electrons. The Morgan fingerprint density at radius 2 is 2.08 bits per heavy atom. The van der Waals surface area contributed by atoms with Gasteiger partial charge in [-0.25, -0.2) is 9.78 Å². The minimum Gasteiger partial charge on any atom is -0.465 e. The van der Waals surface area contributed by atoms with Crippen LogP contribution in [-0.4, -0.2) is 46.5 Å². The predicted molar refractivity (Wildman–Crippen MR) is 101 cm³/mol. The van der Waals surface area contributed by atoms with Crippen molar-refractivity contribution in [2.75, 3.05) is 29.7 Å². The Morgan fingerprint density at radius 3 is 2.75 bits per heavy atom. The summed E-state index contributed by atoms with van der Waals surface area (Å²) in [6.07, 6.45) is 4.94. The second-order valence-electron chi connectivity index (χ2n) is 6.03. The van der Waals surface area contributed by atoms with Crippen LogP contribution in [0, 0.1) is 0 Å². The van der Waals surface area contributed by atoms with Crippen LogP contribution >= 0.6 is 34.9 Å². The number of thioether (sulfide) groups is 2. The molecule has 2 heterocycles. The monoisotopic (exact) mass is 386 g/mol. The van der Waals surface area contributed by atoms with Gasteiger partial charge in [-0.2, -0.15) is 23.5 Å². The minimum absolute atomic E-state index is 0.0156. The molecule has 1 N–H and O–H groups in total. The van der Waals surface area contributed by atoms with E-state index in [1.807, 2.05) is 23.5 Å². The molecule has 1 amide bonds. The first-order valence-corrected chi connectivity index (χ1v) is 11.3. The summed E-state index contributed by atoms with van der Waals surface area (Å²) in [4.78, 5) is 29.4. The standard InChI is InChI=1S/C16H22N2O3S3/c1-21-15(20)14-13(10-4-2-3-5-10)18-16(24-14)17-12(19)8-11-9-22-6-7-23-11/h10-11H,2-9H2,1H3,(H,17,18,19). The highest BCUT2D eigenvalue weighted by atomic mass is 32.2. The molecular weight excluding hydrogens is 364 g/mol. The summed E-state index contributed by atoms with van der Waals surface area (Å²) in [5.41, 5.74) is 0.808. The second kappa shape index (κ2) is 8.58. The Hall–Kier alpha value is -0.730. The molecule has 1 aromatic heterocycles. The molecular formula is C16H22N2O3S3. The molecule has 1 aliphatic carbocycles. The average molecular weight is 387 g/mol. The fourth-order valence-electron chi connectivity index (χ4n) is 3.13. The number of methoxy groups -OCH3 is 1. The van der Waals surface area contributed by atoms with Gasteiger partial charge < -0.3 is 10.1 Å². The first-order valence-electron chi connectivity index (χ1n) is 8.25. The van der Waals surface area contributed by atoms with E-state index in [2.05, 4.69) is 10.3 Å². The lowest BCUT2D eigenvalue weighted by Gasteiger charge is -2.19. The fraction of sp³-hybridized carbons (Fsp3) is 0.688. The molecule has 1 saturated carbocycles. The fourth-order valence-corrected chi connectivity index (χ4v) is 6.80. The molecule has 3 rings (SSSR count). The van der Waals surface area contributed by atoms with E-state index >= 15 is 0 Å². The van der Waals surface area contributed by atoms with Gasteiger partial charge in [-0.1, -0.05) is 24.2 Å². The third-order valence-corrected chi connectivity index (χ3v) is 8.12. The highest BCUT2D eigenvalue weighted by molar-refractivity contribution is 8.06. The summed E-state index contributed by atoms with van der Waals surface area (Å²) >= 11 is 5.01. The Morgan fingerprint density at radius 1 is 1.29 bits per heavy atom. The first kappa shape index (κ1) is 18.1. The zero-order chi connectivity index (χ0) is 16.9. The van der Waals surface area contributed by atoms with Crippen LogP contribution in [0.4, 0.5) is 5.13 Å². The molecule has 2 aliphatic rings. The summed E-state index contributed by atoms with van der Waals surface area (Å²) in [6, 6.07) is 0. The molecule has 1 saturated heterocycles. The molecule has 24 heavy (non-hydrogen) atoms. The zero-order valence-corrected chi connectivity index (χ0v) is 16.2. The van der Waals surface area contributed by atoms with Crippen LogP contribution < -0.4 is 5.32 Å². The number of aromatic nitrogens is 1. The SMILES string of the molecule is COC(=O)c1sc(NC(=O)CC2CSCCS2)nc1C1CCCC1. The summed E-state index contributed by atoms with van der Waals surface area (Å²) in [5.74, 6) is 3.25. The van der Waals surface area contributed by atoms with Gasteiger partial charge >= 0.3 is 5.97 Å². The number of carbonyl (C=O) groups excluding carboxylic acids is 2. The lowest BCUT2D eigenvalue weighted by molar-refractivity contribution is -0.116. The molecule has 1 unspecified atom stereocenters. The molecule has 0 bridgehead atoms. The number of rotatable bonds is 5. The number of esters is 1. The third-order valence-electron chi connectivity index (χ3n) is 4.31. The number of nitrogens with one attached hydrogen (secondary N) is 1. The number of hydrogen-bond acceptors (Lipinski definition) is 7. The molecule has 132 valence electrons. The van der Waals surface area contributed by atoms with Gasteiger partial charge in [0.05, 0.1) is 12.8 Å². The largest absolute Gasteiger partial charge is 0.465 e. The molecule has 8 heteroatoms. The lowest BCUT2D eigenvalue weighted by atomic mass is 10.0. The Labute approximate surface area is 154 Å². The van der Waals surface area contributed by atoms with E-state index in [0.29, 0.717) is 27.6 Å². The second-order valence-corrected chi connectivity index (χ2v) is 9.58. The van der Waals surface area contributed by atoms with E-state index in [0.717, 1.165) is 30.0 Å². The highest BCUT2D eigenvalue weighted by Crippen LogP contribution is 2.39. The summed E-state index contributed by atoms with van der Waals surface area (Å²) in [5, 5.41) is 3.79. The van der Waals surface area contributed by atoms with Gasteiger partial charge in [0.2, 0.25) is 5.91 Å². The van der Waals surface area contributed by atoms with Crippen molar-refractivity contribution in [1.82, 2.24) is 4.98 Å². The van der Waals surface area contributed by atoms with Crippen LogP contribution in [0.3, 0.4) is 0 Å². The summed E-state index contributed by atoms with van der Waals surface area (Å²) in [7, 11) is 1.39. The van der Waals surface area contributed by atoms with Crippen LogP contribution in [0.25, 0.3) is 0 Å². The van der Waals surface area contributed by atoms with Gasteiger partial charge in [-0.3, -0.25) is 4.79 Å². The smallest absolute Gasteiger partial charge is 0.350 e. The third kappa shape index (κ3) is 4.46. The van der Waals surface area contributed by atoms with Gasteiger partial charge in [0.25, 0.3) is 0 Å². The Bertz CT molecular complexity index is 593. The van der Waals surface area contributed by atoms with Crippen molar-refractivity contribution in [2.24, 2.45) is 0 Å². The van der Waals surface area contributed by atoms with Gasteiger partial charge in [0.1, 0.15) is 4.88 Å². The first-order chi connectivity index (χ1) is 11.7. The van der Waals surface area contributed by atoms with Crippen molar-refractivity contribution >= 4 is 51.9 Å². The van der Waals surface area contributed by atoms with E-state index in [1.165, 1.54) is 37.0 Å². The topological polar surface area (TPSA) is 68.3 Å². The highest BCUT2D eigenvalue weighted by Gasteiger charge is 2.28. The number of thiazole rings is 1. The lowest BCUT2D eigenvalue weighted by Crippen LogP contribution is -2.22. The van der Waals surface area contributed by atoms with Crippen molar-refractivity contribution in [1.29, 1.82) is 0 Å². The van der Waals surface area contributed by atoms with Crippen molar-refractivity contribution in [3.63, 3.8) is 0 Å². The summed E-state index contributed by atoms with van der Waals surface area (Å²) in [6.45, 7) is 0. The number of carbonyl (C=O) groups is 2. The van der Waals surface area contributed by atoms with Gasteiger partial charge in [-0.05, 0) is 12.8 Å². The molecule has 5 nitrogen and oxygen atoms in total. The zero-order valence-electron chi connectivity index (χ0n) is 13.7. The van der Waals surface area contributed by atoms with E-state index in [1.54, 1.807) is 0 Å². The minimum atomic E-state index is -0.353. The van der Waals surface area contributed by atoms with Gasteiger partial charge in [0, 0.05) is 34.8 Å². The van der Waals surface area contributed by atoms with Gasteiger partial charge in [-0.15, -0.1) is 0 Å². The number of hydrogen-bond donors (Lipinski definition) is 1. The van der Waals surface area contributed by atoms with E-state index in [-0.39, 0.29) is 11.9 Å². The van der Waals surface area contributed by atoms with Crippen LogP contribution in [0.15, 0.2) is 0 Å². The van der Waals surface area contributed by atoms with Crippen LogP contribution in [0.2, 0.25) is 0 Å². The molecule has 1 aromatic rings. The molecule has 0 aromatic carbocycles. The normalized spacial score (nSPS) is 21.6. The number of anilines is 1. The van der Waals surface area contributed by atoms with E-state index < -0.39 is 0 Å². The maximum atomic E-state index is 12.3. The Kier molecular flexibility index (Phi) is 6.46. The van der Waals surface area contributed by atoms with Crippen LogP contribution in [-0.2, 0) is 9.53 Å². The molecule has 0 spiro atoms.